The van der Waals surface area contributed by atoms with Crippen LogP contribution in [0.2, 0.25) is 0 Å². The van der Waals surface area contributed by atoms with Crippen LogP contribution in [0.4, 0.5) is 0 Å². The third kappa shape index (κ3) is 3.15. The quantitative estimate of drug-likeness (QED) is 0.836. The molecule has 2 saturated heterocycles. The highest BCUT2D eigenvalue weighted by molar-refractivity contribution is 5.94. The van der Waals surface area contributed by atoms with E-state index in [4.69, 9.17) is 9.72 Å². The second-order valence-electron chi connectivity index (χ2n) is 8.41. The van der Waals surface area contributed by atoms with Gasteiger partial charge in [-0.1, -0.05) is 18.9 Å². The van der Waals surface area contributed by atoms with Gasteiger partial charge in [0.1, 0.15) is 5.65 Å². The number of carbonyl (C=O) groups excluding carboxylic acids is 1. The molecule has 6 nitrogen and oxygen atoms in total. The molecule has 144 valence electrons. The van der Waals surface area contributed by atoms with E-state index in [2.05, 4.69) is 9.30 Å². The molecule has 0 radical (unpaired) electrons. The molecule has 0 atom stereocenters. The van der Waals surface area contributed by atoms with Crippen molar-refractivity contribution >= 4 is 11.6 Å². The Morgan fingerprint density at radius 1 is 1.11 bits per heavy atom. The minimum Gasteiger partial charge on any atom is -0.378 e. The van der Waals surface area contributed by atoms with Gasteiger partial charge in [0.2, 0.25) is 0 Å². The number of morpholine rings is 1. The third-order valence-corrected chi connectivity index (χ3v) is 6.68. The monoisotopic (exact) mass is 368 g/mol. The first kappa shape index (κ1) is 17.2. The Labute approximate surface area is 160 Å². The molecule has 27 heavy (non-hydrogen) atoms. The number of imidazole rings is 1. The molecule has 4 heterocycles. The number of rotatable bonds is 3. The lowest BCUT2D eigenvalue weighted by atomic mass is 9.86. The Hall–Kier alpha value is -1.92. The van der Waals surface area contributed by atoms with Crippen molar-refractivity contribution in [2.75, 3.05) is 39.4 Å². The van der Waals surface area contributed by atoms with Gasteiger partial charge in [0.25, 0.3) is 5.91 Å². The minimum absolute atomic E-state index is 0.0479. The van der Waals surface area contributed by atoms with Gasteiger partial charge in [-0.2, -0.15) is 0 Å². The van der Waals surface area contributed by atoms with Gasteiger partial charge >= 0.3 is 0 Å². The predicted molar refractivity (Wildman–Crippen MR) is 103 cm³/mol. The second kappa shape index (κ2) is 6.91. The third-order valence-electron chi connectivity index (χ3n) is 6.68. The van der Waals surface area contributed by atoms with Crippen LogP contribution in [0, 0.1) is 5.41 Å². The first-order valence-corrected chi connectivity index (χ1v) is 10.3. The maximum atomic E-state index is 13.2. The summed E-state index contributed by atoms with van der Waals surface area (Å²) in [5.74, 6) is 0.0479. The molecule has 6 heteroatoms. The number of hydrogen-bond acceptors (Lipinski definition) is 4. The normalized spacial score (nSPS) is 22.9. The molecule has 0 aromatic carbocycles. The molecule has 0 bridgehead atoms. The predicted octanol–water partition coefficient (Wildman–Crippen LogP) is 2.57. The van der Waals surface area contributed by atoms with Crippen molar-refractivity contribution in [1.29, 1.82) is 0 Å². The Kier molecular flexibility index (Phi) is 4.40. The van der Waals surface area contributed by atoms with Gasteiger partial charge in [0.05, 0.1) is 18.9 Å². The number of ether oxygens (including phenoxy) is 1. The van der Waals surface area contributed by atoms with Crippen LogP contribution < -0.4 is 0 Å². The van der Waals surface area contributed by atoms with Gasteiger partial charge in [-0.25, -0.2) is 4.98 Å². The van der Waals surface area contributed by atoms with E-state index in [0.717, 1.165) is 31.0 Å². The van der Waals surface area contributed by atoms with E-state index in [0.29, 0.717) is 37.4 Å². The Balaban J connectivity index is 1.44. The number of aromatic nitrogens is 2. The van der Waals surface area contributed by atoms with Gasteiger partial charge in [0.15, 0.2) is 5.69 Å². The molecule has 1 spiro atoms. The highest BCUT2D eigenvalue weighted by Crippen LogP contribution is 2.45. The summed E-state index contributed by atoms with van der Waals surface area (Å²) in [6.45, 7) is 5.63. The number of carbonyl (C=O) groups is 1. The SMILES string of the molecule is O=C(c1nc2ccccn2c1CN1CCC2(CCCC2)C1)N1CCOCC1. The van der Waals surface area contributed by atoms with Gasteiger partial charge in [0, 0.05) is 32.4 Å². The minimum atomic E-state index is 0.0479. The summed E-state index contributed by atoms with van der Waals surface area (Å²) in [5, 5.41) is 0. The largest absolute Gasteiger partial charge is 0.378 e. The molecule has 2 aromatic heterocycles. The average Bonchev–Trinajstić information content (AvgIpc) is 3.43. The summed E-state index contributed by atoms with van der Waals surface area (Å²) in [6, 6.07) is 5.99. The molecule has 1 aliphatic carbocycles. The summed E-state index contributed by atoms with van der Waals surface area (Å²) in [5.41, 5.74) is 3.06. The first-order chi connectivity index (χ1) is 13.2. The molecular weight excluding hydrogens is 340 g/mol. The maximum absolute atomic E-state index is 13.2. The molecule has 0 N–H and O–H groups in total. The van der Waals surface area contributed by atoms with Crippen molar-refractivity contribution in [3.05, 3.63) is 35.8 Å². The topological polar surface area (TPSA) is 50.1 Å². The number of hydrogen-bond donors (Lipinski definition) is 0. The average molecular weight is 368 g/mol. The standard InChI is InChI=1S/C21H28N4O2/c26-20(24-11-13-27-14-12-24)19-17(25-9-4-1-5-18(25)22-19)15-23-10-8-21(16-23)6-2-3-7-21/h1,4-5,9H,2-3,6-8,10-16H2. The second-order valence-corrected chi connectivity index (χ2v) is 8.41. The molecule has 3 fully saturated rings. The van der Waals surface area contributed by atoms with Crippen LogP contribution in [0.3, 0.4) is 0 Å². The highest BCUT2D eigenvalue weighted by Gasteiger charge is 2.40. The van der Waals surface area contributed by atoms with E-state index in [1.807, 2.05) is 29.3 Å². The Morgan fingerprint density at radius 3 is 2.74 bits per heavy atom. The molecule has 2 aliphatic heterocycles. The lowest BCUT2D eigenvalue weighted by Gasteiger charge is -2.27. The number of fused-ring (bicyclic) bond motifs is 1. The summed E-state index contributed by atoms with van der Waals surface area (Å²) in [6.07, 6.45) is 8.84. The van der Waals surface area contributed by atoms with E-state index >= 15 is 0 Å². The summed E-state index contributed by atoms with van der Waals surface area (Å²) in [7, 11) is 0. The van der Waals surface area contributed by atoms with Crippen molar-refractivity contribution in [1.82, 2.24) is 19.2 Å². The lowest BCUT2D eigenvalue weighted by molar-refractivity contribution is 0.0298. The number of pyridine rings is 1. The van der Waals surface area contributed by atoms with Gasteiger partial charge in [-0.3, -0.25) is 9.69 Å². The first-order valence-electron chi connectivity index (χ1n) is 10.3. The molecule has 2 aromatic rings. The molecule has 1 amide bonds. The number of amides is 1. The van der Waals surface area contributed by atoms with Crippen LogP contribution in [0.1, 0.15) is 48.3 Å². The maximum Gasteiger partial charge on any atom is 0.274 e. The fraction of sp³-hybridized carbons (Fsp3) is 0.619. The van der Waals surface area contributed by atoms with E-state index < -0.39 is 0 Å². The van der Waals surface area contributed by atoms with Crippen LogP contribution in [-0.2, 0) is 11.3 Å². The summed E-state index contributed by atoms with van der Waals surface area (Å²) < 4.78 is 7.51. The summed E-state index contributed by atoms with van der Waals surface area (Å²) >= 11 is 0. The van der Waals surface area contributed by atoms with Crippen molar-refractivity contribution in [2.24, 2.45) is 5.41 Å². The lowest BCUT2D eigenvalue weighted by Crippen LogP contribution is -2.41. The van der Waals surface area contributed by atoms with Crippen molar-refractivity contribution in [2.45, 2.75) is 38.6 Å². The highest BCUT2D eigenvalue weighted by atomic mass is 16.5. The number of nitrogens with zero attached hydrogens (tertiary/aromatic N) is 4. The van der Waals surface area contributed by atoms with Crippen LogP contribution in [-0.4, -0.2) is 64.5 Å². The van der Waals surface area contributed by atoms with E-state index in [1.54, 1.807) is 0 Å². The van der Waals surface area contributed by atoms with Crippen molar-refractivity contribution in [3.8, 4) is 0 Å². The zero-order valence-electron chi connectivity index (χ0n) is 15.9. The molecule has 5 rings (SSSR count). The van der Waals surface area contributed by atoms with Gasteiger partial charge in [-0.05, 0) is 43.4 Å². The zero-order valence-corrected chi connectivity index (χ0v) is 15.9. The fourth-order valence-corrected chi connectivity index (χ4v) is 5.19. The van der Waals surface area contributed by atoms with Gasteiger partial charge in [-0.15, -0.1) is 0 Å². The van der Waals surface area contributed by atoms with E-state index in [-0.39, 0.29) is 5.91 Å². The van der Waals surface area contributed by atoms with Crippen LogP contribution in [0.5, 0.6) is 0 Å². The molecular formula is C21H28N4O2. The molecule has 1 saturated carbocycles. The van der Waals surface area contributed by atoms with Crippen LogP contribution in [0.15, 0.2) is 24.4 Å². The van der Waals surface area contributed by atoms with Crippen molar-refractivity contribution < 1.29 is 9.53 Å². The van der Waals surface area contributed by atoms with E-state index in [1.165, 1.54) is 32.1 Å². The summed E-state index contributed by atoms with van der Waals surface area (Å²) in [4.78, 5) is 22.3. The zero-order chi connectivity index (χ0) is 18.3. The smallest absolute Gasteiger partial charge is 0.274 e. The molecule has 0 unspecified atom stereocenters. The Morgan fingerprint density at radius 2 is 1.93 bits per heavy atom. The Bertz CT molecular complexity index is 834. The fourth-order valence-electron chi connectivity index (χ4n) is 5.19. The van der Waals surface area contributed by atoms with Gasteiger partial charge < -0.3 is 14.0 Å². The molecule has 3 aliphatic rings. The number of likely N-dealkylation sites (tertiary alicyclic amines) is 1. The van der Waals surface area contributed by atoms with Crippen LogP contribution >= 0.6 is 0 Å². The van der Waals surface area contributed by atoms with Crippen molar-refractivity contribution in [3.63, 3.8) is 0 Å². The van der Waals surface area contributed by atoms with Crippen LogP contribution in [0.25, 0.3) is 5.65 Å². The van der Waals surface area contributed by atoms with E-state index in [9.17, 15) is 4.79 Å².